The largest absolute Gasteiger partial charge is 0.488 e. The first-order valence-corrected chi connectivity index (χ1v) is 5.88. The smallest absolute Gasteiger partial charge is 0.339 e. The third-order valence-corrected chi connectivity index (χ3v) is 2.76. The molecule has 2 aromatic carbocycles. The first-order chi connectivity index (χ1) is 9.47. The molecule has 0 radical (unpaired) electrons. The van der Waals surface area contributed by atoms with Crippen molar-refractivity contribution in [2.45, 2.75) is 13.5 Å². The Morgan fingerprint density at radius 2 is 1.95 bits per heavy atom. The van der Waals surface area contributed by atoms with Gasteiger partial charge in [0.1, 0.15) is 29.6 Å². The van der Waals surface area contributed by atoms with Gasteiger partial charge >= 0.3 is 5.97 Å². The van der Waals surface area contributed by atoms with Crippen molar-refractivity contribution in [2.24, 2.45) is 0 Å². The summed E-state index contributed by atoms with van der Waals surface area (Å²) in [6, 6.07) is 7.62. The minimum absolute atomic E-state index is 0.0209. The van der Waals surface area contributed by atoms with E-state index in [1.54, 1.807) is 19.1 Å². The molecular weight excluding hydrogens is 266 g/mol. The Bertz CT molecular complexity index is 654. The molecule has 0 saturated carbocycles. The van der Waals surface area contributed by atoms with Crippen molar-refractivity contribution in [3.8, 4) is 5.75 Å². The average Bonchev–Trinajstić information content (AvgIpc) is 2.39. The average molecular weight is 278 g/mol. The van der Waals surface area contributed by atoms with E-state index in [0.29, 0.717) is 0 Å². The molecule has 0 aromatic heterocycles. The van der Waals surface area contributed by atoms with Crippen molar-refractivity contribution in [1.29, 1.82) is 0 Å². The van der Waals surface area contributed by atoms with Crippen LogP contribution in [-0.4, -0.2) is 11.1 Å². The molecule has 0 aliphatic carbocycles. The molecule has 0 atom stereocenters. The van der Waals surface area contributed by atoms with Crippen molar-refractivity contribution < 1.29 is 23.4 Å². The molecule has 2 aromatic rings. The van der Waals surface area contributed by atoms with E-state index in [-0.39, 0.29) is 23.5 Å². The van der Waals surface area contributed by atoms with Crippen LogP contribution in [0, 0.1) is 18.6 Å². The van der Waals surface area contributed by atoms with E-state index in [0.717, 1.165) is 23.8 Å². The molecule has 0 aliphatic rings. The highest BCUT2D eigenvalue weighted by molar-refractivity contribution is 5.90. The minimum Gasteiger partial charge on any atom is -0.488 e. The molecule has 0 unspecified atom stereocenters. The number of carboxylic acid groups (broad SMARTS) is 1. The van der Waals surface area contributed by atoms with Crippen LogP contribution in [0.3, 0.4) is 0 Å². The van der Waals surface area contributed by atoms with Gasteiger partial charge in [0.2, 0.25) is 0 Å². The fraction of sp³-hybridized carbons (Fsp3) is 0.133. The second kappa shape index (κ2) is 5.69. The minimum atomic E-state index is -1.14. The van der Waals surface area contributed by atoms with Crippen molar-refractivity contribution in [3.05, 3.63) is 64.7 Å². The van der Waals surface area contributed by atoms with Crippen LogP contribution in [0.25, 0.3) is 0 Å². The van der Waals surface area contributed by atoms with Crippen LogP contribution in [0.1, 0.15) is 21.5 Å². The normalized spacial score (nSPS) is 10.3. The van der Waals surface area contributed by atoms with Crippen LogP contribution in [-0.2, 0) is 6.61 Å². The van der Waals surface area contributed by atoms with Crippen molar-refractivity contribution >= 4 is 5.97 Å². The first kappa shape index (κ1) is 14.0. The number of hydrogen-bond acceptors (Lipinski definition) is 2. The second-order valence-corrected chi connectivity index (χ2v) is 4.33. The molecule has 0 bridgehead atoms. The molecule has 0 fully saturated rings. The number of rotatable bonds is 4. The lowest BCUT2D eigenvalue weighted by Gasteiger charge is -2.10. The van der Waals surface area contributed by atoms with Gasteiger partial charge in [-0.3, -0.25) is 0 Å². The molecule has 0 aliphatic heterocycles. The lowest BCUT2D eigenvalue weighted by atomic mass is 10.1. The van der Waals surface area contributed by atoms with Crippen molar-refractivity contribution in [2.75, 3.05) is 0 Å². The zero-order valence-corrected chi connectivity index (χ0v) is 10.7. The lowest BCUT2D eigenvalue weighted by Crippen LogP contribution is -2.05. The predicted molar refractivity (Wildman–Crippen MR) is 68.8 cm³/mol. The lowest BCUT2D eigenvalue weighted by molar-refractivity contribution is 0.0691. The zero-order valence-electron chi connectivity index (χ0n) is 10.7. The van der Waals surface area contributed by atoms with Crippen LogP contribution in [0.4, 0.5) is 8.78 Å². The van der Waals surface area contributed by atoms with Gasteiger partial charge in [-0.05, 0) is 42.8 Å². The van der Waals surface area contributed by atoms with Gasteiger partial charge in [-0.25, -0.2) is 13.6 Å². The number of carbonyl (C=O) groups is 1. The van der Waals surface area contributed by atoms with E-state index in [2.05, 4.69) is 0 Å². The Hall–Kier alpha value is -2.43. The summed E-state index contributed by atoms with van der Waals surface area (Å²) >= 11 is 0. The molecule has 20 heavy (non-hydrogen) atoms. The maximum atomic E-state index is 13.4. The maximum Gasteiger partial charge on any atom is 0.339 e. The number of aromatic carboxylic acids is 1. The van der Waals surface area contributed by atoms with Gasteiger partial charge in [-0.1, -0.05) is 6.07 Å². The van der Waals surface area contributed by atoms with Gasteiger partial charge < -0.3 is 9.84 Å². The maximum absolute atomic E-state index is 13.4. The van der Waals surface area contributed by atoms with E-state index in [9.17, 15) is 13.6 Å². The molecule has 0 heterocycles. The third kappa shape index (κ3) is 3.12. The predicted octanol–water partition coefficient (Wildman–Crippen LogP) is 3.55. The van der Waals surface area contributed by atoms with Gasteiger partial charge in [0.15, 0.2) is 0 Å². The molecule has 0 spiro atoms. The summed E-state index contributed by atoms with van der Waals surface area (Å²) in [7, 11) is 0. The van der Waals surface area contributed by atoms with Crippen LogP contribution in [0.2, 0.25) is 0 Å². The summed E-state index contributed by atoms with van der Waals surface area (Å²) < 4.78 is 31.8. The highest BCUT2D eigenvalue weighted by Crippen LogP contribution is 2.22. The van der Waals surface area contributed by atoms with E-state index < -0.39 is 17.6 Å². The summed E-state index contributed by atoms with van der Waals surface area (Å²) in [6.07, 6.45) is 0. The van der Waals surface area contributed by atoms with Gasteiger partial charge in [0, 0.05) is 5.56 Å². The van der Waals surface area contributed by atoms with E-state index in [1.165, 1.54) is 6.07 Å². The van der Waals surface area contributed by atoms with Gasteiger partial charge in [0.05, 0.1) is 0 Å². The summed E-state index contributed by atoms with van der Waals surface area (Å²) in [5, 5.41) is 9.04. The van der Waals surface area contributed by atoms with Crippen molar-refractivity contribution in [3.63, 3.8) is 0 Å². The fourth-order valence-electron chi connectivity index (χ4n) is 1.74. The Balaban J connectivity index is 2.24. The topological polar surface area (TPSA) is 46.5 Å². The van der Waals surface area contributed by atoms with Crippen LogP contribution in [0.5, 0.6) is 5.75 Å². The standard InChI is InChI=1S/C15H12F2O3/c1-9-2-4-12(15(18)19)14(6-9)20-8-10-7-11(16)3-5-13(10)17/h2-7H,8H2,1H3,(H,18,19). The summed E-state index contributed by atoms with van der Waals surface area (Å²) in [5.41, 5.74) is 0.819. The Labute approximate surface area is 114 Å². The number of benzene rings is 2. The second-order valence-electron chi connectivity index (χ2n) is 4.33. The molecule has 104 valence electrons. The Morgan fingerprint density at radius 3 is 2.65 bits per heavy atom. The third-order valence-electron chi connectivity index (χ3n) is 2.76. The molecule has 0 amide bonds. The number of ether oxygens (including phenoxy) is 1. The molecule has 5 heteroatoms. The summed E-state index contributed by atoms with van der Waals surface area (Å²) in [6.45, 7) is 1.54. The zero-order chi connectivity index (χ0) is 14.7. The molecule has 1 N–H and O–H groups in total. The Morgan fingerprint density at radius 1 is 1.20 bits per heavy atom. The van der Waals surface area contributed by atoms with Gasteiger partial charge in [0.25, 0.3) is 0 Å². The quantitative estimate of drug-likeness (QED) is 0.930. The van der Waals surface area contributed by atoms with E-state index in [1.807, 2.05) is 0 Å². The SMILES string of the molecule is Cc1ccc(C(=O)O)c(OCc2cc(F)ccc2F)c1. The first-order valence-electron chi connectivity index (χ1n) is 5.88. The summed E-state index contributed by atoms with van der Waals surface area (Å²) in [5.74, 6) is -2.19. The van der Waals surface area contributed by atoms with Gasteiger partial charge in [-0.15, -0.1) is 0 Å². The molecule has 0 saturated heterocycles. The Kier molecular flexibility index (Phi) is 3.98. The monoisotopic (exact) mass is 278 g/mol. The van der Waals surface area contributed by atoms with Crippen LogP contribution < -0.4 is 4.74 Å². The number of carboxylic acids is 1. The molecule has 3 nitrogen and oxygen atoms in total. The fourth-order valence-corrected chi connectivity index (χ4v) is 1.74. The molecule has 2 rings (SSSR count). The van der Waals surface area contributed by atoms with Crippen molar-refractivity contribution in [1.82, 2.24) is 0 Å². The number of hydrogen-bond donors (Lipinski definition) is 1. The summed E-state index contributed by atoms with van der Waals surface area (Å²) in [4.78, 5) is 11.1. The molecular formula is C15H12F2O3. The van der Waals surface area contributed by atoms with Crippen LogP contribution >= 0.6 is 0 Å². The van der Waals surface area contributed by atoms with E-state index in [4.69, 9.17) is 9.84 Å². The highest BCUT2D eigenvalue weighted by Gasteiger charge is 2.12. The number of halogens is 2. The number of aryl methyl sites for hydroxylation is 1. The van der Waals surface area contributed by atoms with Crippen LogP contribution in [0.15, 0.2) is 36.4 Å². The van der Waals surface area contributed by atoms with Gasteiger partial charge in [-0.2, -0.15) is 0 Å². The van der Waals surface area contributed by atoms with E-state index >= 15 is 0 Å². The highest BCUT2D eigenvalue weighted by atomic mass is 19.1.